The summed E-state index contributed by atoms with van der Waals surface area (Å²) in [6, 6.07) is 0.792. The SMILES string of the molecule is CCC(C)NCC(=O)N1CCSC(C)C1C. The molecule has 1 fully saturated rings. The van der Waals surface area contributed by atoms with Crippen LogP contribution in [-0.2, 0) is 4.79 Å². The fraction of sp³-hybridized carbons (Fsp3) is 0.917. The van der Waals surface area contributed by atoms with Gasteiger partial charge in [-0.05, 0) is 20.3 Å². The van der Waals surface area contributed by atoms with Gasteiger partial charge in [-0.1, -0.05) is 13.8 Å². The lowest BCUT2D eigenvalue weighted by Gasteiger charge is -2.37. The maximum absolute atomic E-state index is 12.0. The molecular weight excluding hydrogens is 220 g/mol. The van der Waals surface area contributed by atoms with Crippen molar-refractivity contribution in [1.29, 1.82) is 0 Å². The first kappa shape index (κ1) is 13.8. The number of hydrogen-bond donors (Lipinski definition) is 1. The van der Waals surface area contributed by atoms with Crippen LogP contribution in [0.2, 0.25) is 0 Å². The third-order valence-electron chi connectivity index (χ3n) is 3.42. The zero-order valence-corrected chi connectivity index (χ0v) is 11.6. The molecule has 1 heterocycles. The number of hydrogen-bond acceptors (Lipinski definition) is 3. The maximum Gasteiger partial charge on any atom is 0.236 e. The van der Waals surface area contributed by atoms with Crippen molar-refractivity contribution < 1.29 is 4.79 Å². The van der Waals surface area contributed by atoms with E-state index >= 15 is 0 Å². The summed E-state index contributed by atoms with van der Waals surface area (Å²) < 4.78 is 0. The standard InChI is InChI=1S/C12H24N2OS/c1-5-9(2)13-8-12(15)14-6-7-16-11(4)10(14)3/h9-11,13H,5-8H2,1-4H3. The zero-order valence-electron chi connectivity index (χ0n) is 10.8. The average Bonchev–Trinajstić information content (AvgIpc) is 2.29. The Morgan fingerprint density at radius 2 is 2.25 bits per heavy atom. The molecule has 1 aliphatic heterocycles. The van der Waals surface area contributed by atoms with Crippen LogP contribution in [0, 0.1) is 0 Å². The van der Waals surface area contributed by atoms with Crippen LogP contribution in [0.15, 0.2) is 0 Å². The summed E-state index contributed by atoms with van der Waals surface area (Å²) in [5, 5.41) is 3.82. The summed E-state index contributed by atoms with van der Waals surface area (Å²) >= 11 is 1.96. The second-order valence-electron chi connectivity index (χ2n) is 4.59. The first-order valence-electron chi connectivity index (χ1n) is 6.20. The van der Waals surface area contributed by atoms with Gasteiger partial charge in [0.05, 0.1) is 6.54 Å². The number of carbonyl (C=O) groups excluding carboxylic acids is 1. The van der Waals surface area contributed by atoms with Gasteiger partial charge >= 0.3 is 0 Å². The van der Waals surface area contributed by atoms with E-state index in [4.69, 9.17) is 0 Å². The Labute approximate surface area is 103 Å². The molecule has 1 saturated heterocycles. The minimum absolute atomic E-state index is 0.250. The quantitative estimate of drug-likeness (QED) is 0.817. The topological polar surface area (TPSA) is 32.3 Å². The second-order valence-corrected chi connectivity index (χ2v) is 6.08. The molecule has 3 atom stereocenters. The van der Waals surface area contributed by atoms with Crippen molar-refractivity contribution in [3.63, 3.8) is 0 Å². The van der Waals surface area contributed by atoms with Gasteiger partial charge < -0.3 is 10.2 Å². The molecule has 94 valence electrons. The van der Waals surface area contributed by atoms with Crippen molar-refractivity contribution >= 4 is 17.7 Å². The Morgan fingerprint density at radius 3 is 2.88 bits per heavy atom. The molecule has 1 rings (SSSR count). The highest BCUT2D eigenvalue weighted by Gasteiger charge is 2.28. The van der Waals surface area contributed by atoms with E-state index in [9.17, 15) is 4.79 Å². The molecule has 1 amide bonds. The Kier molecular flexibility index (Phi) is 5.62. The lowest BCUT2D eigenvalue weighted by Crippen LogP contribution is -2.51. The fourth-order valence-corrected chi connectivity index (χ4v) is 2.89. The molecule has 0 aromatic rings. The summed E-state index contributed by atoms with van der Waals surface area (Å²) in [4.78, 5) is 14.1. The van der Waals surface area contributed by atoms with Crippen LogP contribution in [0.3, 0.4) is 0 Å². The van der Waals surface area contributed by atoms with Gasteiger partial charge in [-0.25, -0.2) is 0 Å². The van der Waals surface area contributed by atoms with Gasteiger partial charge in [-0.2, -0.15) is 11.8 Å². The van der Waals surface area contributed by atoms with Crippen LogP contribution in [0.25, 0.3) is 0 Å². The van der Waals surface area contributed by atoms with E-state index in [-0.39, 0.29) is 5.91 Å². The van der Waals surface area contributed by atoms with Crippen LogP contribution >= 0.6 is 11.8 Å². The molecule has 16 heavy (non-hydrogen) atoms. The summed E-state index contributed by atoms with van der Waals surface area (Å²) in [5.74, 6) is 1.32. The van der Waals surface area contributed by atoms with Gasteiger partial charge in [0.2, 0.25) is 5.91 Å². The molecular formula is C12H24N2OS. The zero-order chi connectivity index (χ0) is 12.1. The van der Waals surface area contributed by atoms with Crippen LogP contribution in [0.1, 0.15) is 34.1 Å². The van der Waals surface area contributed by atoms with Crippen molar-refractivity contribution in [2.75, 3.05) is 18.8 Å². The van der Waals surface area contributed by atoms with Gasteiger partial charge in [0, 0.05) is 29.6 Å². The van der Waals surface area contributed by atoms with Gasteiger partial charge in [0.25, 0.3) is 0 Å². The van der Waals surface area contributed by atoms with Gasteiger partial charge in [0.1, 0.15) is 0 Å². The molecule has 0 aromatic carbocycles. The largest absolute Gasteiger partial charge is 0.337 e. The molecule has 1 N–H and O–H groups in total. The Hall–Kier alpha value is -0.220. The minimum Gasteiger partial charge on any atom is -0.337 e. The molecule has 1 aliphatic rings. The van der Waals surface area contributed by atoms with E-state index in [2.05, 4.69) is 33.0 Å². The summed E-state index contributed by atoms with van der Waals surface area (Å²) in [6.45, 7) is 9.98. The highest BCUT2D eigenvalue weighted by atomic mass is 32.2. The van der Waals surface area contributed by atoms with E-state index in [0.29, 0.717) is 23.9 Å². The average molecular weight is 244 g/mol. The molecule has 0 aromatic heterocycles. The third-order valence-corrected chi connectivity index (χ3v) is 4.76. The van der Waals surface area contributed by atoms with Crippen molar-refractivity contribution in [2.45, 2.75) is 51.4 Å². The van der Waals surface area contributed by atoms with Crippen molar-refractivity contribution in [3.8, 4) is 0 Å². The molecule has 0 radical (unpaired) electrons. The van der Waals surface area contributed by atoms with E-state index < -0.39 is 0 Å². The number of rotatable bonds is 4. The summed E-state index contributed by atoms with van der Waals surface area (Å²) in [6.07, 6.45) is 1.06. The fourth-order valence-electron chi connectivity index (χ4n) is 1.79. The van der Waals surface area contributed by atoms with Gasteiger partial charge in [0.15, 0.2) is 0 Å². The van der Waals surface area contributed by atoms with E-state index in [0.717, 1.165) is 18.7 Å². The van der Waals surface area contributed by atoms with Crippen LogP contribution in [0.4, 0.5) is 0 Å². The van der Waals surface area contributed by atoms with Crippen molar-refractivity contribution in [1.82, 2.24) is 10.2 Å². The molecule has 0 saturated carbocycles. The first-order valence-corrected chi connectivity index (χ1v) is 7.25. The van der Waals surface area contributed by atoms with Crippen LogP contribution < -0.4 is 5.32 Å². The third kappa shape index (κ3) is 3.67. The Morgan fingerprint density at radius 1 is 1.56 bits per heavy atom. The van der Waals surface area contributed by atoms with Gasteiger partial charge in [-0.15, -0.1) is 0 Å². The molecule has 0 aliphatic carbocycles. The lowest BCUT2D eigenvalue weighted by atomic mass is 10.2. The highest BCUT2D eigenvalue weighted by Crippen LogP contribution is 2.23. The molecule has 4 heteroatoms. The molecule has 0 spiro atoms. The number of nitrogens with one attached hydrogen (secondary N) is 1. The maximum atomic E-state index is 12.0. The number of nitrogens with zero attached hydrogens (tertiary/aromatic N) is 1. The van der Waals surface area contributed by atoms with Crippen LogP contribution in [-0.4, -0.2) is 47.0 Å². The lowest BCUT2D eigenvalue weighted by molar-refractivity contribution is -0.132. The Balaban J connectivity index is 2.40. The summed E-state index contributed by atoms with van der Waals surface area (Å²) in [7, 11) is 0. The molecule has 0 bridgehead atoms. The predicted molar refractivity (Wildman–Crippen MR) is 70.9 cm³/mol. The normalized spacial score (nSPS) is 27.9. The Bertz CT molecular complexity index is 235. The van der Waals surface area contributed by atoms with E-state index in [1.807, 2.05) is 16.7 Å². The number of thioether (sulfide) groups is 1. The molecule has 3 unspecified atom stereocenters. The van der Waals surface area contributed by atoms with Crippen molar-refractivity contribution in [3.05, 3.63) is 0 Å². The minimum atomic E-state index is 0.250. The number of carbonyl (C=O) groups is 1. The monoisotopic (exact) mass is 244 g/mol. The highest BCUT2D eigenvalue weighted by molar-refractivity contribution is 8.00. The van der Waals surface area contributed by atoms with Crippen LogP contribution in [0.5, 0.6) is 0 Å². The smallest absolute Gasteiger partial charge is 0.236 e. The molecule has 3 nitrogen and oxygen atoms in total. The number of amides is 1. The first-order chi connectivity index (χ1) is 7.56. The predicted octanol–water partition coefficient (Wildman–Crippen LogP) is 1.73. The van der Waals surface area contributed by atoms with E-state index in [1.54, 1.807) is 0 Å². The van der Waals surface area contributed by atoms with Gasteiger partial charge in [-0.3, -0.25) is 4.79 Å². The summed E-state index contributed by atoms with van der Waals surface area (Å²) in [5.41, 5.74) is 0. The van der Waals surface area contributed by atoms with E-state index in [1.165, 1.54) is 0 Å². The van der Waals surface area contributed by atoms with Crippen molar-refractivity contribution in [2.24, 2.45) is 0 Å². The second kappa shape index (κ2) is 6.50.